The summed E-state index contributed by atoms with van der Waals surface area (Å²) in [4.78, 5) is 20.1. The van der Waals surface area contributed by atoms with Gasteiger partial charge in [-0.2, -0.15) is 0 Å². The molecule has 1 saturated heterocycles. The first kappa shape index (κ1) is 15.9. The van der Waals surface area contributed by atoms with Gasteiger partial charge in [-0.3, -0.25) is 4.90 Å². The van der Waals surface area contributed by atoms with Crippen LogP contribution in [0.3, 0.4) is 0 Å². The molecule has 8 nitrogen and oxygen atoms in total. The van der Waals surface area contributed by atoms with E-state index in [9.17, 15) is 10.1 Å². The molecule has 0 aromatic carbocycles. The second-order valence-electron chi connectivity index (χ2n) is 4.26. The first-order valence-electron chi connectivity index (χ1n) is 6.00. The molecule has 1 aromatic rings. The van der Waals surface area contributed by atoms with Crippen LogP contribution in [0.4, 0.5) is 0 Å². The van der Waals surface area contributed by atoms with Gasteiger partial charge in [-0.1, -0.05) is 41.2 Å². The average molecular weight is 339 g/mol. The molecule has 0 amide bonds. The molecule has 0 saturated carbocycles. The number of nitrogens with zero attached hydrogens (tertiary/aromatic N) is 6. The highest BCUT2D eigenvalue weighted by atomic mass is 35.5. The minimum atomic E-state index is -0.735. The van der Waals surface area contributed by atoms with Crippen LogP contribution in [0.1, 0.15) is 4.88 Å². The van der Waals surface area contributed by atoms with E-state index in [1.165, 1.54) is 11.3 Å². The van der Waals surface area contributed by atoms with Crippen LogP contribution in [0.25, 0.3) is 0 Å². The van der Waals surface area contributed by atoms with Gasteiger partial charge in [0.05, 0.1) is 17.6 Å². The highest BCUT2D eigenvalue weighted by molar-refractivity contribution is 7.16. The monoisotopic (exact) mass is 338 g/mol. The fraction of sp³-hybridized carbons (Fsp3) is 0.333. The van der Waals surface area contributed by atoms with E-state index in [0.29, 0.717) is 17.8 Å². The van der Waals surface area contributed by atoms with E-state index >= 15 is 0 Å². The highest BCUT2D eigenvalue weighted by Gasteiger charge is 2.27. The zero-order valence-corrected chi connectivity index (χ0v) is 13.1. The second-order valence-corrected chi connectivity index (χ2v) is 5.88. The summed E-state index contributed by atoms with van der Waals surface area (Å²) >= 11 is 6.99. The fourth-order valence-electron chi connectivity index (χ4n) is 1.82. The van der Waals surface area contributed by atoms with Crippen molar-refractivity contribution in [1.82, 2.24) is 19.7 Å². The number of halogens is 1. The Bertz CT molecular complexity index is 700. The molecule has 0 spiro atoms. The van der Waals surface area contributed by atoms with Gasteiger partial charge in [0.15, 0.2) is 9.50 Å². The fourth-order valence-corrected chi connectivity index (χ4v) is 2.64. The van der Waals surface area contributed by atoms with Gasteiger partial charge in [0.25, 0.3) is 5.96 Å². The Morgan fingerprint density at radius 1 is 1.64 bits per heavy atom. The Morgan fingerprint density at radius 2 is 2.41 bits per heavy atom. The Morgan fingerprint density at radius 3 is 3.00 bits per heavy atom. The lowest BCUT2D eigenvalue weighted by Gasteiger charge is -2.39. The predicted octanol–water partition coefficient (Wildman–Crippen LogP) is 0.751. The van der Waals surface area contributed by atoms with Crippen molar-refractivity contribution in [3.63, 3.8) is 0 Å². The van der Waals surface area contributed by atoms with E-state index in [1.807, 2.05) is 0 Å². The predicted molar refractivity (Wildman–Crippen MR) is 83.3 cm³/mol. The van der Waals surface area contributed by atoms with Crippen molar-refractivity contribution in [2.75, 3.05) is 26.9 Å². The minimum Gasteiger partial charge on any atom is -0.322 e. The number of hydrazone groups is 1. The van der Waals surface area contributed by atoms with Crippen molar-refractivity contribution in [2.45, 2.75) is 0 Å². The first-order chi connectivity index (χ1) is 10.5. The molecule has 0 atom stereocenters. The maximum absolute atomic E-state index is 10.7. The summed E-state index contributed by atoms with van der Waals surface area (Å²) in [6.45, 7) is 0.911. The molecule has 2 heterocycles. The quantitative estimate of drug-likeness (QED) is 0.450. The minimum absolute atomic E-state index is 0.216. The Kier molecular flexibility index (Phi) is 5.04. The van der Waals surface area contributed by atoms with E-state index in [-0.39, 0.29) is 12.5 Å². The molecule has 0 bridgehead atoms. The van der Waals surface area contributed by atoms with Crippen molar-refractivity contribution in [3.8, 4) is 24.3 Å². The van der Waals surface area contributed by atoms with Gasteiger partial charge >= 0.3 is 0 Å². The summed E-state index contributed by atoms with van der Waals surface area (Å²) in [6, 6.07) is 2.50. The summed E-state index contributed by atoms with van der Waals surface area (Å²) in [6.07, 6.45) is 6.96. The van der Waals surface area contributed by atoms with Gasteiger partial charge in [0.2, 0.25) is 0 Å². The van der Waals surface area contributed by atoms with E-state index in [0.717, 1.165) is 4.88 Å². The third kappa shape index (κ3) is 4.01. The first-order valence-corrected chi connectivity index (χ1v) is 7.19. The lowest BCUT2D eigenvalue weighted by molar-refractivity contribution is -0.486. The Labute approximate surface area is 136 Å². The number of hydrogen-bond donors (Lipinski definition) is 0. The van der Waals surface area contributed by atoms with Crippen LogP contribution in [0.15, 0.2) is 11.3 Å². The molecule has 1 aromatic heterocycles. The molecule has 2 rings (SSSR count). The zero-order valence-electron chi connectivity index (χ0n) is 11.6. The molecule has 114 valence electrons. The van der Waals surface area contributed by atoms with Gasteiger partial charge in [0.1, 0.15) is 18.4 Å². The van der Waals surface area contributed by atoms with Gasteiger partial charge in [-0.05, 0) is 0 Å². The van der Waals surface area contributed by atoms with Gasteiger partial charge in [-0.15, -0.1) is 0 Å². The molecule has 1 aliphatic rings. The SMILES string of the molecule is C#CN1CN(C)/C(=N\[N+](=O)[O-])N(CC#Cc2cnc(Cl)s2)C1. The molecular formula is C12H11ClN6O2S. The van der Waals surface area contributed by atoms with E-state index < -0.39 is 5.03 Å². The number of guanidine groups is 1. The molecular weight excluding hydrogens is 328 g/mol. The molecule has 10 heteroatoms. The van der Waals surface area contributed by atoms with Crippen molar-refractivity contribution in [2.24, 2.45) is 5.10 Å². The van der Waals surface area contributed by atoms with Crippen LogP contribution in [-0.4, -0.2) is 57.6 Å². The van der Waals surface area contributed by atoms with Crippen LogP contribution in [0.5, 0.6) is 0 Å². The van der Waals surface area contributed by atoms with Crippen LogP contribution in [0, 0.1) is 34.4 Å². The molecule has 22 heavy (non-hydrogen) atoms. The molecule has 1 fully saturated rings. The standard InChI is InChI=1S/C12H11ClN6O2S/c1-3-17-8-16(2)12(15-19(20)21)18(9-17)6-4-5-10-7-14-11(13)22-10/h1,7H,6,8-9H2,2H3/b15-12+. The number of rotatable bonds is 2. The Hall–Kier alpha value is -2.49. The van der Waals surface area contributed by atoms with Crippen LogP contribution >= 0.6 is 22.9 Å². The van der Waals surface area contributed by atoms with Crippen molar-refractivity contribution >= 4 is 28.9 Å². The van der Waals surface area contributed by atoms with Gasteiger partial charge in [0, 0.05) is 13.1 Å². The molecule has 0 unspecified atom stereocenters. The number of aromatic nitrogens is 1. The van der Waals surface area contributed by atoms with Crippen LogP contribution < -0.4 is 0 Å². The second kappa shape index (κ2) is 6.98. The van der Waals surface area contributed by atoms with E-state index in [4.69, 9.17) is 18.0 Å². The topological polar surface area (TPSA) is 78.1 Å². The zero-order chi connectivity index (χ0) is 16.1. The van der Waals surface area contributed by atoms with Crippen LogP contribution in [0.2, 0.25) is 4.47 Å². The third-order valence-corrected chi connectivity index (χ3v) is 3.69. The highest BCUT2D eigenvalue weighted by Crippen LogP contribution is 2.16. The normalized spacial score (nSPS) is 16.2. The van der Waals surface area contributed by atoms with E-state index in [1.54, 1.807) is 27.9 Å². The van der Waals surface area contributed by atoms with Gasteiger partial charge < -0.3 is 9.80 Å². The Balaban J connectivity index is 2.15. The van der Waals surface area contributed by atoms with Gasteiger partial charge in [-0.25, -0.2) is 15.1 Å². The number of thiazole rings is 1. The maximum Gasteiger partial charge on any atom is 0.277 e. The summed E-state index contributed by atoms with van der Waals surface area (Å²) in [5.41, 5.74) is 0. The number of terminal acetylenes is 1. The summed E-state index contributed by atoms with van der Waals surface area (Å²) in [7, 11) is 1.68. The number of hydrogen-bond acceptors (Lipinski definition) is 5. The summed E-state index contributed by atoms with van der Waals surface area (Å²) < 4.78 is 0.413. The molecule has 0 N–H and O–H groups in total. The largest absolute Gasteiger partial charge is 0.322 e. The van der Waals surface area contributed by atoms with Crippen LogP contribution in [-0.2, 0) is 0 Å². The molecule has 0 radical (unpaired) electrons. The number of nitro groups is 1. The summed E-state index contributed by atoms with van der Waals surface area (Å²) in [5, 5.41) is 13.3. The van der Waals surface area contributed by atoms with Crippen molar-refractivity contribution in [3.05, 3.63) is 25.7 Å². The van der Waals surface area contributed by atoms with E-state index in [2.05, 4.69) is 28.0 Å². The van der Waals surface area contributed by atoms with Crippen molar-refractivity contribution < 1.29 is 5.03 Å². The molecule has 0 aliphatic carbocycles. The van der Waals surface area contributed by atoms with Crippen molar-refractivity contribution in [1.29, 1.82) is 0 Å². The average Bonchev–Trinajstić information content (AvgIpc) is 2.87. The smallest absolute Gasteiger partial charge is 0.277 e. The third-order valence-electron chi connectivity index (χ3n) is 2.66. The molecule has 1 aliphatic heterocycles. The lowest BCUT2D eigenvalue weighted by atomic mass is 10.4. The maximum atomic E-state index is 10.7. The lowest BCUT2D eigenvalue weighted by Crippen LogP contribution is -2.56. The summed E-state index contributed by atoms with van der Waals surface area (Å²) in [5.74, 6) is 6.03.